The normalized spacial score (nSPS) is 10.6. The first-order valence-electron chi connectivity index (χ1n) is 6.43. The molecule has 1 N–H and O–H groups in total. The lowest BCUT2D eigenvalue weighted by atomic mass is 10.3. The largest absolute Gasteiger partial charge is 0.481 e. The summed E-state index contributed by atoms with van der Waals surface area (Å²) in [7, 11) is 2.86. The minimum Gasteiger partial charge on any atom is -0.481 e. The summed E-state index contributed by atoms with van der Waals surface area (Å²) in [4.78, 5) is 24.6. The summed E-state index contributed by atoms with van der Waals surface area (Å²) in [5, 5.41) is 3.76. The fourth-order valence-electron chi connectivity index (χ4n) is 1.83. The third kappa shape index (κ3) is 3.33. The van der Waals surface area contributed by atoms with Gasteiger partial charge in [0.05, 0.1) is 24.4 Å². The van der Waals surface area contributed by atoms with Crippen molar-refractivity contribution in [3.05, 3.63) is 35.0 Å². The molecule has 1 aromatic carbocycles. The van der Waals surface area contributed by atoms with Gasteiger partial charge in [0.2, 0.25) is 5.88 Å². The van der Waals surface area contributed by atoms with Crippen molar-refractivity contribution in [2.24, 2.45) is 0 Å². The SMILES string of the molecule is COc1cc(C(=O)Nc2nc3ccc(Cl)cc3s2)nc(OC)n1. The summed E-state index contributed by atoms with van der Waals surface area (Å²) >= 11 is 7.26. The van der Waals surface area contributed by atoms with E-state index in [0.29, 0.717) is 10.2 Å². The Morgan fingerprint density at radius 3 is 2.74 bits per heavy atom. The van der Waals surface area contributed by atoms with E-state index in [0.717, 1.165) is 10.2 Å². The minimum absolute atomic E-state index is 0.0468. The van der Waals surface area contributed by atoms with Crippen LogP contribution in [-0.2, 0) is 0 Å². The first-order valence-corrected chi connectivity index (χ1v) is 7.63. The number of nitrogens with one attached hydrogen (secondary N) is 1. The Balaban J connectivity index is 1.88. The minimum atomic E-state index is -0.436. The van der Waals surface area contributed by atoms with E-state index < -0.39 is 5.91 Å². The summed E-state index contributed by atoms with van der Waals surface area (Å²) < 4.78 is 10.8. The van der Waals surface area contributed by atoms with Crippen LogP contribution < -0.4 is 14.8 Å². The monoisotopic (exact) mass is 350 g/mol. The number of hydrogen-bond donors (Lipinski definition) is 1. The van der Waals surface area contributed by atoms with Crippen LogP contribution in [-0.4, -0.2) is 35.1 Å². The number of fused-ring (bicyclic) bond motifs is 1. The van der Waals surface area contributed by atoms with Crippen molar-refractivity contribution in [3.8, 4) is 11.9 Å². The molecule has 0 bridgehead atoms. The zero-order valence-electron chi connectivity index (χ0n) is 12.2. The standard InChI is InChI=1S/C14H11ClN4O3S/c1-21-11-6-9(16-13(18-11)22-2)12(20)19-14-17-8-4-3-7(15)5-10(8)23-14/h3-6H,1-2H3,(H,17,19,20). The Bertz CT molecular complexity index is 861. The number of ether oxygens (including phenoxy) is 2. The third-order valence-corrected chi connectivity index (χ3v) is 4.05. The van der Waals surface area contributed by atoms with Gasteiger partial charge in [-0.1, -0.05) is 22.9 Å². The highest BCUT2D eigenvalue weighted by Gasteiger charge is 2.15. The second kappa shape index (κ2) is 6.35. The van der Waals surface area contributed by atoms with Gasteiger partial charge in [-0.05, 0) is 18.2 Å². The first-order chi connectivity index (χ1) is 11.1. The van der Waals surface area contributed by atoms with Gasteiger partial charge in [0.15, 0.2) is 5.13 Å². The molecule has 0 aliphatic carbocycles. The molecule has 118 valence electrons. The molecule has 0 saturated carbocycles. The van der Waals surface area contributed by atoms with Crippen LogP contribution in [0.2, 0.25) is 5.02 Å². The summed E-state index contributed by atoms with van der Waals surface area (Å²) in [6.45, 7) is 0. The van der Waals surface area contributed by atoms with Gasteiger partial charge in [-0.15, -0.1) is 0 Å². The zero-order valence-corrected chi connectivity index (χ0v) is 13.7. The van der Waals surface area contributed by atoms with Crippen LogP contribution in [0.4, 0.5) is 5.13 Å². The number of nitrogens with zero attached hydrogens (tertiary/aromatic N) is 3. The molecule has 0 aliphatic rings. The topological polar surface area (TPSA) is 86.2 Å². The fraction of sp³-hybridized carbons (Fsp3) is 0.143. The summed E-state index contributed by atoms with van der Waals surface area (Å²) in [6.07, 6.45) is 0. The van der Waals surface area contributed by atoms with E-state index in [9.17, 15) is 4.79 Å². The third-order valence-electron chi connectivity index (χ3n) is 2.88. The number of amides is 1. The van der Waals surface area contributed by atoms with Gasteiger partial charge >= 0.3 is 6.01 Å². The lowest BCUT2D eigenvalue weighted by Gasteiger charge is -2.05. The summed E-state index contributed by atoms with van der Waals surface area (Å²) in [6, 6.07) is 6.80. The van der Waals surface area contributed by atoms with Gasteiger partial charge < -0.3 is 9.47 Å². The van der Waals surface area contributed by atoms with Crippen LogP contribution in [0.1, 0.15) is 10.5 Å². The molecule has 0 radical (unpaired) electrons. The lowest BCUT2D eigenvalue weighted by molar-refractivity contribution is 0.102. The smallest absolute Gasteiger partial charge is 0.320 e. The average molecular weight is 351 g/mol. The lowest BCUT2D eigenvalue weighted by Crippen LogP contribution is -2.14. The first kappa shape index (κ1) is 15.4. The molecular weight excluding hydrogens is 340 g/mol. The van der Waals surface area contributed by atoms with Crippen molar-refractivity contribution in [2.45, 2.75) is 0 Å². The van der Waals surface area contributed by atoms with Gasteiger partial charge in [-0.3, -0.25) is 10.1 Å². The number of halogens is 1. The number of carbonyl (C=O) groups excluding carboxylic acids is 1. The quantitative estimate of drug-likeness (QED) is 0.778. The van der Waals surface area contributed by atoms with Crippen LogP contribution in [0.5, 0.6) is 11.9 Å². The molecule has 1 amide bonds. The van der Waals surface area contributed by atoms with Crippen molar-refractivity contribution < 1.29 is 14.3 Å². The highest BCUT2D eigenvalue weighted by atomic mass is 35.5. The van der Waals surface area contributed by atoms with Crippen LogP contribution in [0.15, 0.2) is 24.3 Å². The molecule has 9 heteroatoms. The summed E-state index contributed by atoms with van der Waals surface area (Å²) in [5.41, 5.74) is 0.874. The molecular formula is C14H11ClN4O3S. The van der Waals surface area contributed by atoms with Crippen molar-refractivity contribution in [3.63, 3.8) is 0 Å². The number of methoxy groups -OCH3 is 2. The van der Waals surface area contributed by atoms with Crippen LogP contribution in [0, 0.1) is 0 Å². The molecule has 0 unspecified atom stereocenters. The number of rotatable bonds is 4. The Morgan fingerprint density at radius 2 is 2.00 bits per heavy atom. The number of carbonyl (C=O) groups is 1. The van der Waals surface area contributed by atoms with E-state index in [2.05, 4.69) is 20.3 Å². The number of benzene rings is 1. The van der Waals surface area contributed by atoms with Crippen LogP contribution >= 0.6 is 22.9 Å². The molecule has 0 spiro atoms. The summed E-state index contributed by atoms with van der Waals surface area (Å²) in [5.74, 6) is -0.202. The molecule has 2 aromatic heterocycles. The Labute approximate surface area is 140 Å². The predicted octanol–water partition coefficient (Wildman–Crippen LogP) is 3.01. The van der Waals surface area contributed by atoms with E-state index >= 15 is 0 Å². The van der Waals surface area contributed by atoms with Gasteiger partial charge in [-0.25, -0.2) is 4.98 Å². The highest BCUT2D eigenvalue weighted by Crippen LogP contribution is 2.28. The molecule has 23 heavy (non-hydrogen) atoms. The van der Waals surface area contributed by atoms with E-state index in [-0.39, 0.29) is 17.6 Å². The van der Waals surface area contributed by atoms with Crippen molar-refractivity contribution in [2.75, 3.05) is 19.5 Å². The maximum atomic E-state index is 12.3. The van der Waals surface area contributed by atoms with Crippen molar-refractivity contribution in [1.82, 2.24) is 15.0 Å². The zero-order chi connectivity index (χ0) is 16.4. The van der Waals surface area contributed by atoms with E-state index in [1.54, 1.807) is 18.2 Å². The molecule has 0 aliphatic heterocycles. The number of hydrogen-bond acceptors (Lipinski definition) is 7. The van der Waals surface area contributed by atoms with E-state index in [1.807, 2.05) is 0 Å². The Kier molecular flexibility index (Phi) is 4.26. The maximum absolute atomic E-state index is 12.3. The van der Waals surface area contributed by atoms with Crippen molar-refractivity contribution >= 4 is 44.2 Å². The van der Waals surface area contributed by atoms with Crippen LogP contribution in [0.3, 0.4) is 0 Å². The fourth-order valence-corrected chi connectivity index (χ4v) is 2.97. The predicted molar refractivity (Wildman–Crippen MR) is 87.7 cm³/mol. The molecule has 3 aromatic rings. The average Bonchev–Trinajstić information content (AvgIpc) is 2.95. The van der Waals surface area contributed by atoms with Crippen molar-refractivity contribution in [1.29, 1.82) is 0 Å². The molecule has 0 atom stereocenters. The van der Waals surface area contributed by atoms with Gasteiger partial charge in [0.25, 0.3) is 5.91 Å². The van der Waals surface area contributed by atoms with Gasteiger partial charge in [0, 0.05) is 11.1 Å². The number of thiazole rings is 1. The molecule has 0 saturated heterocycles. The second-order valence-electron chi connectivity index (χ2n) is 4.37. The Morgan fingerprint density at radius 1 is 1.17 bits per heavy atom. The number of anilines is 1. The molecule has 7 nitrogen and oxygen atoms in total. The van der Waals surface area contributed by atoms with E-state index in [4.69, 9.17) is 21.1 Å². The Hall–Kier alpha value is -2.45. The highest BCUT2D eigenvalue weighted by molar-refractivity contribution is 7.22. The maximum Gasteiger partial charge on any atom is 0.320 e. The van der Waals surface area contributed by atoms with Gasteiger partial charge in [-0.2, -0.15) is 9.97 Å². The van der Waals surface area contributed by atoms with Crippen LogP contribution in [0.25, 0.3) is 10.2 Å². The van der Waals surface area contributed by atoms with Gasteiger partial charge in [0.1, 0.15) is 5.69 Å². The number of aromatic nitrogens is 3. The molecule has 3 rings (SSSR count). The molecule has 0 fully saturated rings. The molecule has 2 heterocycles. The second-order valence-corrected chi connectivity index (χ2v) is 5.83. The van der Waals surface area contributed by atoms with E-state index in [1.165, 1.54) is 31.6 Å².